The van der Waals surface area contributed by atoms with Crippen molar-refractivity contribution in [2.75, 3.05) is 19.8 Å². The maximum atomic E-state index is 12.4. The lowest BCUT2D eigenvalue weighted by atomic mass is 9.85. The summed E-state index contributed by atoms with van der Waals surface area (Å²) in [7, 11) is 0. The van der Waals surface area contributed by atoms with Crippen LogP contribution in [0.5, 0.6) is 0 Å². The molecular formula is C20H24N2O4. The molecule has 2 heterocycles. The van der Waals surface area contributed by atoms with Crippen LogP contribution in [0.15, 0.2) is 24.4 Å². The number of H-pyrrole nitrogens is 1. The predicted octanol–water partition coefficient (Wildman–Crippen LogP) is 2.41. The molecule has 3 N–H and O–H groups in total. The van der Waals surface area contributed by atoms with E-state index in [4.69, 9.17) is 4.74 Å². The molecule has 1 aliphatic carbocycles. The molecule has 1 spiro atoms. The van der Waals surface area contributed by atoms with Crippen molar-refractivity contribution in [3.8, 4) is 0 Å². The van der Waals surface area contributed by atoms with Crippen molar-refractivity contribution in [3.63, 3.8) is 0 Å². The number of fused-ring (bicyclic) bond motifs is 1. The van der Waals surface area contributed by atoms with Gasteiger partial charge in [-0.2, -0.15) is 0 Å². The SMILES string of the molecule is Cc1ccc2c(CC(=O)NCC3(C(=O)O)CC34CCOCC4)c[nH]c2c1. The summed E-state index contributed by atoms with van der Waals surface area (Å²) in [6, 6.07) is 6.09. The Labute approximate surface area is 151 Å². The Morgan fingerprint density at radius 2 is 2.08 bits per heavy atom. The number of hydrogen-bond acceptors (Lipinski definition) is 3. The van der Waals surface area contributed by atoms with Gasteiger partial charge in [0.05, 0.1) is 11.8 Å². The van der Waals surface area contributed by atoms with Crippen molar-refractivity contribution in [2.45, 2.75) is 32.6 Å². The summed E-state index contributed by atoms with van der Waals surface area (Å²) >= 11 is 0. The third-order valence-electron chi connectivity index (χ3n) is 6.25. The van der Waals surface area contributed by atoms with Gasteiger partial charge in [0.2, 0.25) is 5.91 Å². The molecule has 1 saturated carbocycles. The van der Waals surface area contributed by atoms with E-state index in [1.165, 1.54) is 0 Å². The molecule has 4 rings (SSSR count). The topological polar surface area (TPSA) is 91.4 Å². The van der Waals surface area contributed by atoms with Crippen LogP contribution < -0.4 is 5.32 Å². The van der Waals surface area contributed by atoms with Crippen LogP contribution in [0.2, 0.25) is 0 Å². The predicted molar refractivity (Wildman–Crippen MR) is 96.9 cm³/mol. The highest BCUT2D eigenvalue weighted by molar-refractivity contribution is 5.89. The molecule has 6 heteroatoms. The zero-order valence-electron chi connectivity index (χ0n) is 14.9. The second-order valence-electron chi connectivity index (χ2n) is 7.77. The van der Waals surface area contributed by atoms with Gasteiger partial charge in [-0.05, 0) is 48.8 Å². The van der Waals surface area contributed by atoms with E-state index in [1.807, 2.05) is 25.3 Å². The molecule has 1 aliphatic heterocycles. The quantitative estimate of drug-likeness (QED) is 0.767. The first-order valence-corrected chi connectivity index (χ1v) is 9.10. The third kappa shape index (κ3) is 2.69. The Kier molecular flexibility index (Phi) is 4.03. The number of aromatic amines is 1. The summed E-state index contributed by atoms with van der Waals surface area (Å²) in [5.41, 5.74) is 2.07. The van der Waals surface area contributed by atoms with Crippen molar-refractivity contribution < 1.29 is 19.4 Å². The van der Waals surface area contributed by atoms with Gasteiger partial charge in [-0.1, -0.05) is 12.1 Å². The first kappa shape index (κ1) is 17.1. The van der Waals surface area contributed by atoms with E-state index in [9.17, 15) is 14.7 Å². The summed E-state index contributed by atoms with van der Waals surface area (Å²) in [6.07, 6.45) is 4.25. The van der Waals surface area contributed by atoms with Gasteiger partial charge in [-0.15, -0.1) is 0 Å². The molecule has 2 fully saturated rings. The Balaban J connectivity index is 1.42. The number of aryl methyl sites for hydroxylation is 1. The van der Waals surface area contributed by atoms with Crippen LogP contribution in [0.25, 0.3) is 10.9 Å². The number of rotatable bonds is 5. The fraction of sp³-hybridized carbons (Fsp3) is 0.500. The molecule has 1 unspecified atom stereocenters. The van der Waals surface area contributed by atoms with E-state index in [0.717, 1.165) is 34.9 Å². The summed E-state index contributed by atoms with van der Waals surface area (Å²) in [4.78, 5) is 27.5. The Bertz CT molecular complexity index is 866. The molecule has 0 radical (unpaired) electrons. The molecule has 26 heavy (non-hydrogen) atoms. The largest absolute Gasteiger partial charge is 0.481 e. The van der Waals surface area contributed by atoms with Crippen molar-refractivity contribution in [1.82, 2.24) is 10.3 Å². The van der Waals surface area contributed by atoms with Crippen LogP contribution in [0, 0.1) is 17.8 Å². The van der Waals surface area contributed by atoms with Crippen LogP contribution >= 0.6 is 0 Å². The van der Waals surface area contributed by atoms with Gasteiger partial charge in [0.1, 0.15) is 0 Å². The van der Waals surface area contributed by atoms with E-state index < -0.39 is 11.4 Å². The molecule has 1 amide bonds. The molecule has 1 aromatic heterocycles. The highest BCUT2D eigenvalue weighted by Gasteiger charge is 2.71. The minimum Gasteiger partial charge on any atom is -0.481 e. The van der Waals surface area contributed by atoms with E-state index in [0.29, 0.717) is 19.6 Å². The molecule has 1 aromatic carbocycles. The van der Waals surface area contributed by atoms with E-state index in [2.05, 4.69) is 16.4 Å². The van der Waals surface area contributed by atoms with Crippen molar-refractivity contribution in [1.29, 1.82) is 0 Å². The zero-order chi connectivity index (χ0) is 18.4. The van der Waals surface area contributed by atoms with E-state index in [-0.39, 0.29) is 24.3 Å². The lowest BCUT2D eigenvalue weighted by Gasteiger charge is -2.27. The molecule has 1 atom stereocenters. The van der Waals surface area contributed by atoms with Crippen LogP contribution in [0.1, 0.15) is 30.4 Å². The number of hydrogen-bond donors (Lipinski definition) is 3. The molecule has 2 aliphatic rings. The van der Waals surface area contributed by atoms with E-state index >= 15 is 0 Å². The smallest absolute Gasteiger partial charge is 0.312 e. The van der Waals surface area contributed by atoms with Crippen LogP contribution in [0.3, 0.4) is 0 Å². The minimum atomic E-state index is -0.830. The van der Waals surface area contributed by atoms with Crippen molar-refractivity contribution >= 4 is 22.8 Å². The number of amides is 1. The number of carboxylic acids is 1. The minimum absolute atomic E-state index is 0.138. The summed E-state index contributed by atoms with van der Waals surface area (Å²) in [5, 5.41) is 13.7. The monoisotopic (exact) mass is 356 g/mol. The number of carbonyl (C=O) groups is 2. The fourth-order valence-electron chi connectivity index (χ4n) is 4.51. The van der Waals surface area contributed by atoms with Crippen LogP contribution in [-0.2, 0) is 20.7 Å². The molecule has 0 bridgehead atoms. The van der Waals surface area contributed by atoms with Crippen LogP contribution in [0.4, 0.5) is 0 Å². The van der Waals surface area contributed by atoms with Crippen LogP contribution in [-0.4, -0.2) is 41.7 Å². The average Bonchev–Trinajstić information content (AvgIpc) is 3.06. The third-order valence-corrected chi connectivity index (χ3v) is 6.25. The van der Waals surface area contributed by atoms with Gasteiger partial charge in [-0.25, -0.2) is 0 Å². The average molecular weight is 356 g/mol. The number of carbonyl (C=O) groups excluding carboxylic acids is 1. The van der Waals surface area contributed by atoms with Gasteiger partial charge in [0.25, 0.3) is 0 Å². The number of carboxylic acid groups (broad SMARTS) is 1. The first-order valence-electron chi connectivity index (χ1n) is 9.10. The number of ether oxygens (including phenoxy) is 1. The van der Waals surface area contributed by atoms with Crippen molar-refractivity contribution in [3.05, 3.63) is 35.5 Å². The maximum Gasteiger partial charge on any atom is 0.312 e. The number of nitrogens with one attached hydrogen (secondary N) is 2. The highest BCUT2D eigenvalue weighted by Crippen LogP contribution is 2.68. The normalized spacial score (nSPS) is 23.9. The van der Waals surface area contributed by atoms with E-state index in [1.54, 1.807) is 0 Å². The summed E-state index contributed by atoms with van der Waals surface area (Å²) in [6.45, 7) is 3.44. The van der Waals surface area contributed by atoms with Gasteiger partial charge in [0, 0.05) is 36.9 Å². The second-order valence-corrected chi connectivity index (χ2v) is 7.77. The first-order chi connectivity index (χ1) is 12.5. The lowest BCUT2D eigenvalue weighted by Crippen LogP contribution is -2.39. The molecular weight excluding hydrogens is 332 g/mol. The lowest BCUT2D eigenvalue weighted by molar-refractivity contribution is -0.146. The Morgan fingerprint density at radius 3 is 2.81 bits per heavy atom. The van der Waals surface area contributed by atoms with Gasteiger partial charge >= 0.3 is 5.97 Å². The summed E-state index contributed by atoms with van der Waals surface area (Å²) < 4.78 is 5.38. The summed E-state index contributed by atoms with van der Waals surface area (Å²) in [5.74, 6) is -0.941. The van der Waals surface area contributed by atoms with Gasteiger partial charge < -0.3 is 20.1 Å². The van der Waals surface area contributed by atoms with Crippen molar-refractivity contribution in [2.24, 2.45) is 10.8 Å². The number of aliphatic carboxylic acids is 1. The van der Waals surface area contributed by atoms with Gasteiger partial charge in [-0.3, -0.25) is 9.59 Å². The maximum absolute atomic E-state index is 12.4. The number of benzene rings is 1. The molecule has 6 nitrogen and oxygen atoms in total. The second kappa shape index (κ2) is 6.13. The highest BCUT2D eigenvalue weighted by atomic mass is 16.5. The Hall–Kier alpha value is -2.34. The fourth-order valence-corrected chi connectivity index (χ4v) is 4.51. The zero-order valence-corrected chi connectivity index (χ0v) is 14.9. The molecule has 2 aromatic rings. The molecule has 138 valence electrons. The molecule has 1 saturated heterocycles. The van der Waals surface area contributed by atoms with Gasteiger partial charge in [0.15, 0.2) is 0 Å². The number of aromatic nitrogens is 1. The standard InChI is InChI=1S/C20H24N2O4/c1-13-2-3-15-14(10-21-16(15)8-13)9-17(23)22-12-20(18(24)25)11-19(20)4-6-26-7-5-19/h2-3,8,10,21H,4-7,9,11-12H2,1H3,(H,22,23)(H,24,25). The Morgan fingerprint density at radius 1 is 1.31 bits per heavy atom.